The highest BCUT2D eigenvalue weighted by Gasteiger charge is 1.99. The molecule has 0 aromatic rings. The van der Waals surface area contributed by atoms with Crippen molar-refractivity contribution in [2.45, 2.75) is 6.41 Å². The van der Waals surface area contributed by atoms with Gasteiger partial charge >= 0.3 is 0 Å². The zero-order chi connectivity index (χ0) is 4.41. The third-order valence-corrected chi connectivity index (χ3v) is 0.514. The molecule has 0 amide bonds. The van der Waals surface area contributed by atoms with Crippen LogP contribution in [-0.4, -0.2) is 11.5 Å². The predicted molar refractivity (Wildman–Crippen MR) is 19.4 cm³/mol. The summed E-state index contributed by atoms with van der Waals surface area (Å²) >= 11 is 0. The molecule has 0 aliphatic carbocycles. The summed E-state index contributed by atoms with van der Waals surface area (Å²) in [5, 5.41) is 10.8. The minimum atomic E-state index is -0.815. The smallest absolute Gasteiger partial charge is 0.277 e. The molecule has 1 aliphatic heterocycles. The molecule has 1 aliphatic rings. The first kappa shape index (κ1) is 3.49. The van der Waals surface area contributed by atoms with Gasteiger partial charge in [0.05, 0.1) is 0 Å². The van der Waals surface area contributed by atoms with Crippen LogP contribution in [0, 0.1) is 0 Å². The van der Waals surface area contributed by atoms with Gasteiger partial charge in [0.2, 0.25) is 0 Å². The second kappa shape index (κ2) is 1.18. The van der Waals surface area contributed by atoms with Crippen LogP contribution in [0.3, 0.4) is 0 Å². The lowest BCUT2D eigenvalue weighted by atomic mass is 11.0. The summed E-state index contributed by atoms with van der Waals surface area (Å²) in [6.45, 7) is 0. The molecule has 34 valence electrons. The Morgan fingerprint density at radius 1 is 1.83 bits per heavy atom. The molecular weight excluding hydrogens is 82.0 g/mol. The maximum absolute atomic E-state index is 8.33. The molecule has 1 unspecified atom stereocenters. The van der Waals surface area contributed by atoms with E-state index in [9.17, 15) is 0 Å². The van der Waals surface area contributed by atoms with Crippen LogP contribution in [0.25, 0.3) is 0 Å². The Hall–Kier alpha value is -0.700. The number of hydrogen-bond donors (Lipinski definition) is 2. The Kier molecular flexibility index (Phi) is 0.686. The van der Waals surface area contributed by atoms with Crippen LogP contribution in [0.15, 0.2) is 12.5 Å². The summed E-state index contributed by atoms with van der Waals surface area (Å²) in [5.41, 5.74) is 0. The first-order valence-corrected chi connectivity index (χ1v) is 1.64. The monoisotopic (exact) mass is 87.0 g/mol. The molecule has 0 bridgehead atoms. The normalized spacial score (nSPS) is 29.2. The van der Waals surface area contributed by atoms with Gasteiger partial charge in [0.1, 0.15) is 6.26 Å². The summed E-state index contributed by atoms with van der Waals surface area (Å²) in [6, 6.07) is 0. The Balaban J connectivity index is 2.32. The van der Waals surface area contributed by atoms with Crippen LogP contribution < -0.4 is 5.32 Å². The van der Waals surface area contributed by atoms with Crippen LogP contribution in [0.5, 0.6) is 0 Å². The number of aliphatic hydroxyl groups excluding tert-OH is 1. The van der Waals surface area contributed by atoms with E-state index in [0.717, 1.165) is 0 Å². The highest BCUT2D eigenvalue weighted by molar-refractivity contribution is 4.75. The van der Waals surface area contributed by atoms with Crippen molar-refractivity contribution in [2.24, 2.45) is 0 Å². The molecule has 1 rings (SSSR count). The maximum atomic E-state index is 8.33. The van der Waals surface area contributed by atoms with Crippen molar-refractivity contribution in [3.63, 3.8) is 0 Å². The van der Waals surface area contributed by atoms with Crippen molar-refractivity contribution in [2.75, 3.05) is 0 Å². The molecule has 6 heavy (non-hydrogen) atoms. The van der Waals surface area contributed by atoms with Crippen molar-refractivity contribution in [3.05, 3.63) is 12.5 Å². The molecule has 0 saturated heterocycles. The Labute approximate surface area is 35.2 Å². The lowest BCUT2D eigenvalue weighted by molar-refractivity contribution is -0.0489. The van der Waals surface area contributed by atoms with Gasteiger partial charge in [-0.3, -0.25) is 0 Å². The second-order valence-electron chi connectivity index (χ2n) is 0.958. The third kappa shape index (κ3) is 0.440. The van der Waals surface area contributed by atoms with E-state index in [-0.39, 0.29) is 0 Å². The fourth-order valence-electron chi connectivity index (χ4n) is 0.275. The topological polar surface area (TPSA) is 41.5 Å². The van der Waals surface area contributed by atoms with Crippen LogP contribution in [0.1, 0.15) is 0 Å². The van der Waals surface area contributed by atoms with Crippen molar-refractivity contribution >= 4 is 0 Å². The van der Waals surface area contributed by atoms with Gasteiger partial charge in [-0.25, -0.2) is 0 Å². The predicted octanol–water partition coefficient (Wildman–Crippen LogP) is -0.647. The highest BCUT2D eigenvalue weighted by Crippen LogP contribution is 1.88. The van der Waals surface area contributed by atoms with Crippen molar-refractivity contribution in [3.8, 4) is 0 Å². The third-order valence-electron chi connectivity index (χ3n) is 0.514. The summed E-state index contributed by atoms with van der Waals surface area (Å²) < 4.78 is 4.42. The molecule has 0 aromatic heterocycles. The Morgan fingerprint density at radius 2 is 2.67 bits per heavy atom. The molecular formula is C3H5NO2. The number of ether oxygens (including phenoxy) is 1. The lowest BCUT2D eigenvalue weighted by Gasteiger charge is -1.98. The van der Waals surface area contributed by atoms with E-state index in [1.807, 2.05) is 0 Å². The fourth-order valence-corrected chi connectivity index (χ4v) is 0.275. The van der Waals surface area contributed by atoms with Gasteiger partial charge in [0.25, 0.3) is 6.41 Å². The molecule has 1 heterocycles. The summed E-state index contributed by atoms with van der Waals surface area (Å²) in [6.07, 6.45) is 2.11. The van der Waals surface area contributed by atoms with E-state index >= 15 is 0 Å². The van der Waals surface area contributed by atoms with Gasteiger partial charge in [-0.15, -0.1) is 0 Å². The molecule has 3 heteroatoms. The molecule has 3 nitrogen and oxygen atoms in total. The standard InChI is InChI=1S/C3H5NO2/c5-3-4-1-2-6-3/h1-5H. The van der Waals surface area contributed by atoms with Gasteiger partial charge in [0, 0.05) is 6.20 Å². The molecule has 0 radical (unpaired) electrons. The number of hydrogen-bond acceptors (Lipinski definition) is 3. The van der Waals surface area contributed by atoms with Crippen LogP contribution in [0.2, 0.25) is 0 Å². The minimum Gasteiger partial charge on any atom is -0.453 e. The van der Waals surface area contributed by atoms with Crippen LogP contribution in [-0.2, 0) is 4.74 Å². The number of nitrogens with one attached hydrogen (secondary N) is 1. The van der Waals surface area contributed by atoms with Crippen LogP contribution >= 0.6 is 0 Å². The molecule has 0 spiro atoms. The van der Waals surface area contributed by atoms with E-state index in [2.05, 4.69) is 10.1 Å². The molecule has 1 atom stereocenters. The molecule has 0 fully saturated rings. The van der Waals surface area contributed by atoms with E-state index < -0.39 is 6.41 Å². The summed E-state index contributed by atoms with van der Waals surface area (Å²) in [4.78, 5) is 0. The van der Waals surface area contributed by atoms with Gasteiger partial charge in [-0.1, -0.05) is 0 Å². The number of aliphatic hydroxyl groups is 1. The maximum Gasteiger partial charge on any atom is 0.277 e. The molecule has 0 aromatic carbocycles. The zero-order valence-corrected chi connectivity index (χ0v) is 3.09. The SMILES string of the molecule is OC1NC=CO1. The first-order chi connectivity index (χ1) is 2.89. The van der Waals surface area contributed by atoms with Crippen LogP contribution in [0.4, 0.5) is 0 Å². The summed E-state index contributed by atoms with van der Waals surface area (Å²) in [7, 11) is 0. The number of rotatable bonds is 0. The van der Waals surface area contributed by atoms with Gasteiger partial charge in [-0.2, -0.15) is 0 Å². The second-order valence-corrected chi connectivity index (χ2v) is 0.958. The quantitative estimate of drug-likeness (QED) is 0.412. The summed E-state index contributed by atoms with van der Waals surface area (Å²) in [5.74, 6) is 0. The van der Waals surface area contributed by atoms with E-state index in [1.54, 1.807) is 0 Å². The largest absolute Gasteiger partial charge is 0.453 e. The van der Waals surface area contributed by atoms with E-state index in [4.69, 9.17) is 5.11 Å². The van der Waals surface area contributed by atoms with Gasteiger partial charge < -0.3 is 15.2 Å². The first-order valence-electron chi connectivity index (χ1n) is 1.64. The van der Waals surface area contributed by atoms with Crippen molar-refractivity contribution in [1.29, 1.82) is 0 Å². The van der Waals surface area contributed by atoms with Crippen molar-refractivity contribution < 1.29 is 9.84 Å². The Bertz CT molecular complexity index is 63.2. The lowest BCUT2D eigenvalue weighted by Crippen LogP contribution is -2.18. The minimum absolute atomic E-state index is 0.815. The van der Waals surface area contributed by atoms with Crippen molar-refractivity contribution in [1.82, 2.24) is 5.32 Å². The van der Waals surface area contributed by atoms with E-state index in [0.29, 0.717) is 0 Å². The fraction of sp³-hybridized carbons (Fsp3) is 0.333. The molecule has 2 N–H and O–H groups in total. The highest BCUT2D eigenvalue weighted by atomic mass is 16.6. The molecule has 0 saturated carbocycles. The Morgan fingerprint density at radius 3 is 2.83 bits per heavy atom. The zero-order valence-electron chi connectivity index (χ0n) is 3.09. The average molecular weight is 87.1 g/mol. The van der Waals surface area contributed by atoms with Gasteiger partial charge in [0.15, 0.2) is 0 Å². The van der Waals surface area contributed by atoms with Gasteiger partial charge in [-0.05, 0) is 0 Å². The average Bonchev–Trinajstić information content (AvgIpc) is 1.86. The van der Waals surface area contributed by atoms with E-state index in [1.165, 1.54) is 12.5 Å².